The average molecular weight is 362 g/mol. The molecule has 0 aliphatic carbocycles. The van der Waals surface area contributed by atoms with Crippen molar-refractivity contribution in [2.24, 2.45) is 0 Å². The summed E-state index contributed by atoms with van der Waals surface area (Å²) in [6, 6.07) is 12.3. The summed E-state index contributed by atoms with van der Waals surface area (Å²) < 4.78 is 13.9. The van der Waals surface area contributed by atoms with E-state index in [0.717, 1.165) is 11.3 Å². The molecule has 1 N–H and O–H groups in total. The second kappa shape index (κ2) is 7.74. The summed E-state index contributed by atoms with van der Waals surface area (Å²) >= 11 is 6.09. The zero-order valence-electron chi connectivity index (χ0n) is 14.1. The van der Waals surface area contributed by atoms with Crippen LogP contribution in [0.1, 0.15) is 5.56 Å². The number of hydrogen-bond acceptors (Lipinski definition) is 3. The van der Waals surface area contributed by atoms with E-state index < -0.39 is 0 Å². The van der Waals surface area contributed by atoms with E-state index in [4.69, 9.17) is 11.6 Å². The van der Waals surface area contributed by atoms with E-state index in [1.54, 1.807) is 12.1 Å². The van der Waals surface area contributed by atoms with Gasteiger partial charge in [0, 0.05) is 36.9 Å². The van der Waals surface area contributed by atoms with Crippen molar-refractivity contribution in [3.05, 3.63) is 58.9 Å². The maximum absolute atomic E-state index is 13.9. The number of halogens is 2. The quantitative estimate of drug-likeness (QED) is 0.904. The molecule has 6 heteroatoms. The van der Waals surface area contributed by atoms with Gasteiger partial charge >= 0.3 is 0 Å². The highest BCUT2D eigenvalue weighted by Gasteiger charge is 2.22. The third-order valence-corrected chi connectivity index (χ3v) is 4.93. The van der Waals surface area contributed by atoms with Crippen LogP contribution in [0, 0.1) is 12.7 Å². The lowest BCUT2D eigenvalue weighted by Gasteiger charge is -2.36. The fourth-order valence-corrected chi connectivity index (χ4v) is 3.16. The van der Waals surface area contributed by atoms with Gasteiger partial charge in [-0.25, -0.2) is 4.39 Å². The lowest BCUT2D eigenvalue weighted by atomic mass is 10.2. The number of amides is 1. The van der Waals surface area contributed by atoms with Crippen molar-refractivity contribution in [3.8, 4) is 0 Å². The van der Waals surface area contributed by atoms with Crippen LogP contribution < -0.4 is 10.2 Å². The number of carbonyl (C=O) groups is 1. The third-order valence-electron chi connectivity index (χ3n) is 4.52. The highest BCUT2D eigenvalue weighted by atomic mass is 35.5. The van der Waals surface area contributed by atoms with Gasteiger partial charge in [0.1, 0.15) is 5.82 Å². The smallest absolute Gasteiger partial charge is 0.241 e. The standard InChI is InChI=1S/C19H21ClFN3O/c1-14-15(20)5-4-7-17(14)22-13-19(25)24-11-9-23(10-12-24)18-8-3-2-6-16(18)21/h2-8,22H,9-13H2,1H3. The topological polar surface area (TPSA) is 35.6 Å². The van der Waals surface area contributed by atoms with Gasteiger partial charge in [-0.3, -0.25) is 4.79 Å². The molecule has 132 valence electrons. The number of nitrogens with one attached hydrogen (secondary N) is 1. The molecule has 1 aliphatic rings. The van der Waals surface area contributed by atoms with E-state index in [1.165, 1.54) is 6.07 Å². The number of carbonyl (C=O) groups excluding carboxylic acids is 1. The number of anilines is 2. The van der Waals surface area contributed by atoms with Crippen molar-refractivity contribution in [2.45, 2.75) is 6.92 Å². The Morgan fingerprint density at radius 3 is 2.56 bits per heavy atom. The van der Waals surface area contributed by atoms with Crippen molar-refractivity contribution in [1.29, 1.82) is 0 Å². The summed E-state index contributed by atoms with van der Waals surface area (Å²) in [5.41, 5.74) is 2.40. The molecule has 0 aromatic heterocycles. The number of piperazine rings is 1. The van der Waals surface area contributed by atoms with Gasteiger partial charge in [-0.1, -0.05) is 29.8 Å². The van der Waals surface area contributed by atoms with Crippen LogP contribution in [0.4, 0.5) is 15.8 Å². The third kappa shape index (κ3) is 4.04. The maximum atomic E-state index is 13.9. The van der Waals surface area contributed by atoms with E-state index in [0.29, 0.717) is 36.9 Å². The minimum Gasteiger partial charge on any atom is -0.376 e. The molecule has 1 saturated heterocycles. The number of hydrogen-bond donors (Lipinski definition) is 1. The number of benzene rings is 2. The average Bonchev–Trinajstić information content (AvgIpc) is 2.63. The van der Waals surface area contributed by atoms with Crippen molar-refractivity contribution in [1.82, 2.24) is 4.90 Å². The molecule has 3 rings (SSSR count). The molecule has 1 aliphatic heterocycles. The molecular weight excluding hydrogens is 341 g/mol. The Bertz CT molecular complexity index is 760. The second-order valence-electron chi connectivity index (χ2n) is 6.09. The molecule has 2 aromatic rings. The monoisotopic (exact) mass is 361 g/mol. The first-order valence-corrected chi connectivity index (χ1v) is 8.70. The molecule has 1 fully saturated rings. The predicted octanol–water partition coefficient (Wildman–Crippen LogP) is 3.55. The van der Waals surface area contributed by atoms with E-state index in [-0.39, 0.29) is 18.3 Å². The first-order chi connectivity index (χ1) is 12.1. The van der Waals surface area contributed by atoms with Gasteiger partial charge < -0.3 is 15.1 Å². The Morgan fingerprint density at radius 2 is 1.84 bits per heavy atom. The van der Waals surface area contributed by atoms with E-state index in [2.05, 4.69) is 5.32 Å². The summed E-state index contributed by atoms with van der Waals surface area (Å²) in [5, 5.41) is 3.83. The molecule has 4 nitrogen and oxygen atoms in total. The number of para-hydroxylation sites is 1. The molecule has 0 bridgehead atoms. The predicted molar refractivity (Wildman–Crippen MR) is 99.9 cm³/mol. The van der Waals surface area contributed by atoms with Gasteiger partial charge in [0.2, 0.25) is 5.91 Å². The Morgan fingerprint density at radius 1 is 1.12 bits per heavy atom. The highest BCUT2D eigenvalue weighted by Crippen LogP contribution is 2.23. The largest absolute Gasteiger partial charge is 0.376 e. The van der Waals surface area contributed by atoms with Crippen molar-refractivity contribution in [3.63, 3.8) is 0 Å². The zero-order valence-corrected chi connectivity index (χ0v) is 14.9. The molecule has 0 atom stereocenters. The van der Waals surface area contributed by atoms with Crippen LogP contribution in [0.15, 0.2) is 42.5 Å². The molecule has 0 unspecified atom stereocenters. The van der Waals surface area contributed by atoms with Crippen LogP contribution in [0.5, 0.6) is 0 Å². The van der Waals surface area contributed by atoms with Gasteiger partial charge in [0.25, 0.3) is 0 Å². The summed E-state index contributed by atoms with van der Waals surface area (Å²) in [5.74, 6) is -0.187. The summed E-state index contributed by atoms with van der Waals surface area (Å²) in [7, 11) is 0. The highest BCUT2D eigenvalue weighted by molar-refractivity contribution is 6.31. The van der Waals surface area contributed by atoms with E-state index >= 15 is 0 Å². The van der Waals surface area contributed by atoms with Gasteiger partial charge in [0.15, 0.2) is 0 Å². The Hall–Kier alpha value is -2.27. The van der Waals surface area contributed by atoms with Crippen LogP contribution in [0.3, 0.4) is 0 Å². The molecule has 0 radical (unpaired) electrons. The van der Waals surface area contributed by atoms with Crippen LogP contribution in [-0.2, 0) is 4.79 Å². The van der Waals surface area contributed by atoms with Crippen molar-refractivity contribution in [2.75, 3.05) is 42.9 Å². The lowest BCUT2D eigenvalue weighted by Crippen LogP contribution is -2.50. The molecule has 0 spiro atoms. The summed E-state index contributed by atoms with van der Waals surface area (Å²) in [4.78, 5) is 16.2. The van der Waals surface area contributed by atoms with Crippen LogP contribution in [-0.4, -0.2) is 43.5 Å². The van der Waals surface area contributed by atoms with E-state index in [9.17, 15) is 9.18 Å². The number of nitrogens with zero attached hydrogens (tertiary/aromatic N) is 2. The molecule has 1 heterocycles. The zero-order chi connectivity index (χ0) is 17.8. The van der Waals surface area contributed by atoms with E-state index in [1.807, 2.05) is 41.0 Å². The summed E-state index contributed by atoms with van der Waals surface area (Å²) in [6.07, 6.45) is 0. The molecule has 25 heavy (non-hydrogen) atoms. The number of rotatable bonds is 4. The second-order valence-corrected chi connectivity index (χ2v) is 6.49. The maximum Gasteiger partial charge on any atom is 0.241 e. The Balaban J connectivity index is 1.53. The van der Waals surface area contributed by atoms with Gasteiger partial charge in [-0.15, -0.1) is 0 Å². The molecule has 1 amide bonds. The molecular formula is C19H21ClFN3O. The first kappa shape index (κ1) is 17.5. The molecule has 2 aromatic carbocycles. The minimum absolute atomic E-state index is 0.0348. The fourth-order valence-electron chi connectivity index (χ4n) is 2.99. The van der Waals surface area contributed by atoms with Gasteiger partial charge in [-0.2, -0.15) is 0 Å². The molecule has 0 saturated carbocycles. The van der Waals surface area contributed by atoms with Crippen LogP contribution in [0.2, 0.25) is 5.02 Å². The summed E-state index contributed by atoms with van der Waals surface area (Å²) in [6.45, 7) is 4.57. The minimum atomic E-state index is -0.222. The van der Waals surface area contributed by atoms with Crippen LogP contribution in [0.25, 0.3) is 0 Å². The first-order valence-electron chi connectivity index (χ1n) is 8.32. The van der Waals surface area contributed by atoms with Crippen molar-refractivity contribution >= 4 is 28.9 Å². The SMILES string of the molecule is Cc1c(Cl)cccc1NCC(=O)N1CCN(c2ccccc2F)CC1. The van der Waals surface area contributed by atoms with Gasteiger partial charge in [-0.05, 0) is 36.8 Å². The van der Waals surface area contributed by atoms with Gasteiger partial charge in [0.05, 0.1) is 12.2 Å². The normalized spacial score (nSPS) is 14.5. The lowest BCUT2D eigenvalue weighted by molar-refractivity contribution is -0.129. The van der Waals surface area contributed by atoms with Crippen LogP contribution >= 0.6 is 11.6 Å². The Kier molecular flexibility index (Phi) is 5.43. The Labute approximate surface area is 152 Å². The van der Waals surface area contributed by atoms with Crippen molar-refractivity contribution < 1.29 is 9.18 Å². The fraction of sp³-hybridized carbons (Fsp3) is 0.316.